The van der Waals surface area contributed by atoms with E-state index in [9.17, 15) is 14.9 Å². The van der Waals surface area contributed by atoms with Crippen LogP contribution in [-0.4, -0.2) is 61.3 Å². The fourth-order valence-corrected chi connectivity index (χ4v) is 4.62. The number of carbonyl (C=O) groups excluding carboxylic acids is 1. The molecule has 1 saturated heterocycles. The zero-order chi connectivity index (χ0) is 22.7. The van der Waals surface area contributed by atoms with Gasteiger partial charge < -0.3 is 19.3 Å². The van der Waals surface area contributed by atoms with E-state index < -0.39 is 0 Å². The summed E-state index contributed by atoms with van der Waals surface area (Å²) in [6.45, 7) is 2.45. The number of hydrogen-bond donors (Lipinski definition) is 0. The zero-order valence-electron chi connectivity index (χ0n) is 17.7. The molecule has 1 fully saturated rings. The van der Waals surface area contributed by atoms with Crippen LogP contribution in [0.1, 0.15) is 5.56 Å². The Bertz CT molecular complexity index is 1110. The first-order valence-electron chi connectivity index (χ1n) is 9.98. The van der Waals surface area contributed by atoms with Gasteiger partial charge in [-0.25, -0.2) is 0 Å². The second kappa shape index (κ2) is 9.31. The van der Waals surface area contributed by atoms with E-state index in [1.165, 1.54) is 17.8 Å². The minimum Gasteiger partial charge on any atom is -0.493 e. The highest BCUT2D eigenvalue weighted by Crippen LogP contribution is 2.34. The van der Waals surface area contributed by atoms with Crippen molar-refractivity contribution in [3.8, 4) is 11.5 Å². The van der Waals surface area contributed by atoms with E-state index in [0.717, 1.165) is 5.56 Å². The zero-order valence-corrected chi connectivity index (χ0v) is 18.5. The Labute approximate surface area is 189 Å². The predicted molar refractivity (Wildman–Crippen MR) is 124 cm³/mol. The average Bonchev–Trinajstić information content (AvgIpc) is 3.19. The van der Waals surface area contributed by atoms with E-state index in [4.69, 9.17) is 9.47 Å². The Morgan fingerprint density at radius 1 is 1.03 bits per heavy atom. The van der Waals surface area contributed by atoms with Crippen LogP contribution in [0.15, 0.2) is 52.4 Å². The molecule has 0 radical (unpaired) electrons. The van der Waals surface area contributed by atoms with Crippen molar-refractivity contribution in [2.45, 2.75) is 0 Å². The number of nitro groups is 1. The highest BCUT2D eigenvalue weighted by Gasteiger charge is 2.30. The van der Waals surface area contributed by atoms with Crippen molar-refractivity contribution in [1.82, 2.24) is 4.90 Å². The molecular formula is C22H22N4O5S. The highest BCUT2D eigenvalue weighted by molar-refractivity contribution is 8.18. The molecule has 0 atom stereocenters. The molecule has 0 N–H and O–H groups in total. The number of thioether (sulfide) groups is 1. The van der Waals surface area contributed by atoms with E-state index in [2.05, 4.69) is 4.99 Å². The van der Waals surface area contributed by atoms with Crippen LogP contribution in [0.4, 0.5) is 11.4 Å². The molecule has 0 aliphatic carbocycles. The molecule has 2 aliphatic rings. The van der Waals surface area contributed by atoms with Crippen LogP contribution in [0.25, 0.3) is 6.08 Å². The number of aliphatic imine (C=N–C) groups is 1. The van der Waals surface area contributed by atoms with Gasteiger partial charge in [0.1, 0.15) is 5.69 Å². The lowest BCUT2D eigenvalue weighted by Crippen LogP contribution is -2.48. The first kappa shape index (κ1) is 21.7. The van der Waals surface area contributed by atoms with E-state index >= 15 is 0 Å². The van der Waals surface area contributed by atoms with Crippen molar-refractivity contribution in [1.29, 1.82) is 0 Å². The van der Waals surface area contributed by atoms with Crippen molar-refractivity contribution in [3.63, 3.8) is 0 Å². The summed E-state index contributed by atoms with van der Waals surface area (Å²) in [7, 11) is 3.14. The van der Waals surface area contributed by atoms with Gasteiger partial charge in [0.15, 0.2) is 16.7 Å². The van der Waals surface area contributed by atoms with E-state index in [1.807, 2.05) is 21.9 Å². The fourth-order valence-electron chi connectivity index (χ4n) is 3.65. The summed E-state index contributed by atoms with van der Waals surface area (Å²) in [4.78, 5) is 32.2. The van der Waals surface area contributed by atoms with Crippen LogP contribution in [0.3, 0.4) is 0 Å². The number of benzene rings is 2. The van der Waals surface area contributed by atoms with Crippen molar-refractivity contribution in [3.05, 3.63) is 63.0 Å². The van der Waals surface area contributed by atoms with Gasteiger partial charge in [0.2, 0.25) is 0 Å². The van der Waals surface area contributed by atoms with Crippen molar-refractivity contribution in [2.24, 2.45) is 4.99 Å². The highest BCUT2D eigenvalue weighted by atomic mass is 32.2. The smallest absolute Gasteiger partial charge is 0.292 e. The Morgan fingerprint density at radius 2 is 1.72 bits per heavy atom. The van der Waals surface area contributed by atoms with E-state index in [-0.39, 0.29) is 16.5 Å². The average molecular weight is 455 g/mol. The Morgan fingerprint density at radius 3 is 2.41 bits per heavy atom. The number of nitrogens with zero attached hydrogens (tertiary/aromatic N) is 4. The molecule has 2 heterocycles. The molecular weight excluding hydrogens is 432 g/mol. The van der Waals surface area contributed by atoms with Gasteiger partial charge in [0.05, 0.1) is 24.0 Å². The van der Waals surface area contributed by atoms with Gasteiger partial charge in [-0.05, 0) is 41.6 Å². The first-order chi connectivity index (χ1) is 15.5. The van der Waals surface area contributed by atoms with Crippen LogP contribution in [-0.2, 0) is 4.79 Å². The molecule has 2 aromatic carbocycles. The van der Waals surface area contributed by atoms with Gasteiger partial charge in [-0.2, -0.15) is 4.99 Å². The minimum atomic E-state index is -0.359. The lowest BCUT2D eigenvalue weighted by atomic mass is 10.2. The standard InChI is InChI=1S/C22H22N4O5S/c1-30-18-8-7-15(13-19(18)31-2)14-20-21(27)23-22(32-20)25-11-9-24(10-12-25)16-5-3-4-6-17(16)26(28)29/h3-8,13-14H,9-12H2,1-2H3/b20-14-. The van der Waals surface area contributed by atoms with E-state index in [0.29, 0.717) is 53.4 Å². The molecule has 32 heavy (non-hydrogen) atoms. The number of para-hydroxylation sites is 2. The number of hydrogen-bond acceptors (Lipinski definition) is 8. The lowest BCUT2D eigenvalue weighted by molar-refractivity contribution is -0.384. The Hall–Kier alpha value is -3.53. The monoisotopic (exact) mass is 454 g/mol. The summed E-state index contributed by atoms with van der Waals surface area (Å²) in [5.41, 5.74) is 1.53. The van der Waals surface area contributed by atoms with Crippen LogP contribution in [0, 0.1) is 10.1 Å². The molecule has 0 spiro atoms. The molecule has 1 amide bonds. The number of amides is 1. The van der Waals surface area contributed by atoms with Gasteiger partial charge in [0.25, 0.3) is 11.6 Å². The van der Waals surface area contributed by atoms with Crippen LogP contribution >= 0.6 is 11.8 Å². The van der Waals surface area contributed by atoms with Gasteiger partial charge >= 0.3 is 0 Å². The predicted octanol–water partition coefficient (Wildman–Crippen LogP) is 3.40. The third-order valence-electron chi connectivity index (χ3n) is 5.28. The summed E-state index contributed by atoms with van der Waals surface area (Å²) < 4.78 is 10.6. The summed E-state index contributed by atoms with van der Waals surface area (Å²) >= 11 is 1.34. The topological polar surface area (TPSA) is 97.5 Å². The van der Waals surface area contributed by atoms with Crippen LogP contribution < -0.4 is 14.4 Å². The van der Waals surface area contributed by atoms with Crippen molar-refractivity contribution < 1.29 is 19.2 Å². The molecule has 2 aliphatic heterocycles. The Balaban J connectivity index is 1.43. The molecule has 0 bridgehead atoms. The number of anilines is 1. The molecule has 0 aromatic heterocycles. The number of rotatable bonds is 5. The summed E-state index contributed by atoms with van der Waals surface area (Å²) in [5.74, 6) is 0.930. The second-order valence-electron chi connectivity index (χ2n) is 7.14. The van der Waals surface area contributed by atoms with Gasteiger partial charge in [-0.1, -0.05) is 18.2 Å². The summed E-state index contributed by atoms with van der Waals surface area (Å²) in [5, 5.41) is 12.0. The second-order valence-corrected chi connectivity index (χ2v) is 8.15. The van der Waals surface area contributed by atoms with Gasteiger partial charge in [-0.15, -0.1) is 0 Å². The molecule has 2 aromatic rings. The Kier molecular flexibility index (Phi) is 6.31. The van der Waals surface area contributed by atoms with E-state index in [1.54, 1.807) is 44.6 Å². The quantitative estimate of drug-likeness (QED) is 0.385. The number of piperazine rings is 1. The van der Waals surface area contributed by atoms with Crippen molar-refractivity contribution >= 4 is 40.3 Å². The fraction of sp³-hybridized carbons (Fsp3) is 0.273. The van der Waals surface area contributed by atoms with Gasteiger partial charge in [-0.3, -0.25) is 14.9 Å². The number of nitro benzene ring substituents is 1. The third-order valence-corrected chi connectivity index (χ3v) is 6.33. The maximum Gasteiger partial charge on any atom is 0.292 e. The maximum atomic E-state index is 12.5. The minimum absolute atomic E-state index is 0.101. The molecule has 9 nitrogen and oxygen atoms in total. The first-order valence-corrected chi connectivity index (χ1v) is 10.8. The largest absolute Gasteiger partial charge is 0.493 e. The lowest BCUT2D eigenvalue weighted by Gasteiger charge is -2.36. The molecule has 0 unspecified atom stereocenters. The normalized spacial score (nSPS) is 17.5. The molecule has 10 heteroatoms. The van der Waals surface area contributed by atoms with Crippen LogP contribution in [0.5, 0.6) is 11.5 Å². The maximum absolute atomic E-state index is 12.5. The van der Waals surface area contributed by atoms with Crippen molar-refractivity contribution in [2.75, 3.05) is 45.3 Å². The third kappa shape index (κ3) is 4.40. The molecule has 4 rings (SSSR count). The summed E-state index contributed by atoms with van der Waals surface area (Å²) in [6, 6.07) is 12.2. The number of methoxy groups -OCH3 is 2. The SMILES string of the molecule is COc1ccc(/C=C2\SC(N3CCN(c4ccccc4[N+](=O)[O-])CC3)=NC2=O)cc1OC. The molecule has 166 valence electrons. The van der Waals surface area contributed by atoms with Crippen LogP contribution in [0.2, 0.25) is 0 Å². The number of carbonyl (C=O) groups is 1. The summed E-state index contributed by atoms with van der Waals surface area (Å²) in [6.07, 6.45) is 1.79. The number of amidine groups is 1. The van der Waals surface area contributed by atoms with Gasteiger partial charge in [0, 0.05) is 32.2 Å². The molecule has 0 saturated carbocycles. The number of ether oxygens (including phenoxy) is 2.